The Hall–Kier alpha value is -2.14. The number of hydrogen-bond donors (Lipinski definition) is 1. The molecule has 0 atom stereocenters. The Kier molecular flexibility index (Phi) is 4.93. The van der Waals surface area contributed by atoms with Crippen LogP contribution < -0.4 is 16.6 Å². The smallest absolute Gasteiger partial charge is 0.324 e. The molecule has 8 nitrogen and oxygen atoms in total. The van der Waals surface area contributed by atoms with E-state index in [1.165, 1.54) is 23.2 Å². The van der Waals surface area contributed by atoms with E-state index >= 15 is 0 Å². The fourth-order valence-corrected chi connectivity index (χ4v) is 3.54. The average Bonchev–Trinajstić information content (AvgIpc) is 2.90. The molecule has 0 bridgehead atoms. The molecule has 3 rings (SSSR count). The van der Waals surface area contributed by atoms with E-state index in [0.717, 1.165) is 13.7 Å². The van der Waals surface area contributed by atoms with Crippen LogP contribution in [0.1, 0.15) is 5.56 Å². The molecule has 3 aromatic rings. The highest BCUT2D eigenvalue weighted by atomic mass is 127. The number of benzene rings is 1. The van der Waals surface area contributed by atoms with Crippen LogP contribution in [0.2, 0.25) is 5.28 Å². The minimum Gasteiger partial charge on any atom is -0.324 e. The number of anilines is 1. The molecule has 136 valence electrons. The van der Waals surface area contributed by atoms with Gasteiger partial charge in [0.15, 0.2) is 11.2 Å². The van der Waals surface area contributed by atoms with Crippen LogP contribution in [0.25, 0.3) is 11.2 Å². The van der Waals surface area contributed by atoms with Crippen molar-refractivity contribution in [3.63, 3.8) is 0 Å². The van der Waals surface area contributed by atoms with Gasteiger partial charge in [0.2, 0.25) is 11.2 Å². The lowest BCUT2D eigenvalue weighted by Gasteiger charge is -2.10. The van der Waals surface area contributed by atoms with Gasteiger partial charge in [0.05, 0.1) is 0 Å². The van der Waals surface area contributed by atoms with Crippen LogP contribution in [0.15, 0.2) is 27.8 Å². The van der Waals surface area contributed by atoms with Crippen molar-refractivity contribution < 1.29 is 4.79 Å². The second kappa shape index (κ2) is 6.88. The monoisotopic (exact) mass is 487 g/mol. The van der Waals surface area contributed by atoms with Crippen molar-refractivity contribution >= 4 is 57.0 Å². The lowest BCUT2D eigenvalue weighted by molar-refractivity contribution is -0.116. The Labute approximate surface area is 166 Å². The van der Waals surface area contributed by atoms with E-state index in [1.807, 2.05) is 25.1 Å². The number of rotatable bonds is 3. The maximum absolute atomic E-state index is 12.5. The van der Waals surface area contributed by atoms with Crippen LogP contribution in [0.4, 0.5) is 5.69 Å². The molecule has 26 heavy (non-hydrogen) atoms. The van der Waals surface area contributed by atoms with Crippen LogP contribution in [-0.2, 0) is 25.4 Å². The number of halogens is 2. The summed E-state index contributed by atoms with van der Waals surface area (Å²) in [6.45, 7) is 1.69. The lowest BCUT2D eigenvalue weighted by atomic mass is 10.2. The Morgan fingerprint density at radius 1 is 1.27 bits per heavy atom. The molecular formula is C16H15ClIN5O3. The molecular weight excluding hydrogens is 473 g/mol. The van der Waals surface area contributed by atoms with Gasteiger partial charge in [-0.15, -0.1) is 0 Å². The van der Waals surface area contributed by atoms with Gasteiger partial charge in [0.25, 0.3) is 5.56 Å². The molecule has 0 radical (unpaired) electrons. The lowest BCUT2D eigenvalue weighted by Crippen LogP contribution is -2.37. The molecule has 0 spiro atoms. The predicted octanol–water partition coefficient (Wildman–Crippen LogP) is 1.64. The number of imidazole rings is 1. The molecule has 0 aliphatic rings. The Morgan fingerprint density at radius 2 is 1.96 bits per heavy atom. The van der Waals surface area contributed by atoms with E-state index in [4.69, 9.17) is 11.6 Å². The summed E-state index contributed by atoms with van der Waals surface area (Å²) in [6.07, 6.45) is 0. The van der Waals surface area contributed by atoms with E-state index < -0.39 is 11.2 Å². The highest BCUT2D eigenvalue weighted by Crippen LogP contribution is 2.19. The molecule has 10 heteroatoms. The maximum Gasteiger partial charge on any atom is 0.332 e. The molecule has 2 heterocycles. The number of nitrogens with one attached hydrogen (secondary N) is 1. The summed E-state index contributed by atoms with van der Waals surface area (Å²) in [4.78, 5) is 41.0. The summed E-state index contributed by atoms with van der Waals surface area (Å²) < 4.78 is 4.54. The highest BCUT2D eigenvalue weighted by Gasteiger charge is 2.20. The first kappa shape index (κ1) is 18.6. The highest BCUT2D eigenvalue weighted by molar-refractivity contribution is 14.1. The zero-order chi connectivity index (χ0) is 19.2. The number of carbonyl (C=O) groups is 1. The molecule has 0 fully saturated rings. The summed E-state index contributed by atoms with van der Waals surface area (Å²) in [5.74, 6) is -0.355. The van der Waals surface area contributed by atoms with E-state index in [2.05, 4.69) is 32.9 Å². The first-order chi connectivity index (χ1) is 12.2. The Morgan fingerprint density at radius 3 is 2.62 bits per heavy atom. The van der Waals surface area contributed by atoms with Gasteiger partial charge in [-0.25, -0.2) is 4.79 Å². The van der Waals surface area contributed by atoms with Crippen molar-refractivity contribution in [1.29, 1.82) is 0 Å². The molecule has 0 unspecified atom stereocenters. The van der Waals surface area contributed by atoms with Crippen LogP contribution in [0.5, 0.6) is 0 Å². The average molecular weight is 488 g/mol. The topological polar surface area (TPSA) is 90.9 Å². The van der Waals surface area contributed by atoms with Gasteiger partial charge in [-0.1, -0.05) is 0 Å². The third kappa shape index (κ3) is 3.16. The van der Waals surface area contributed by atoms with E-state index in [0.29, 0.717) is 5.69 Å². The van der Waals surface area contributed by atoms with E-state index in [1.54, 1.807) is 0 Å². The largest absolute Gasteiger partial charge is 0.332 e. The van der Waals surface area contributed by atoms with Gasteiger partial charge >= 0.3 is 5.69 Å². The summed E-state index contributed by atoms with van der Waals surface area (Å²) in [5, 5.41) is 2.77. The van der Waals surface area contributed by atoms with Crippen LogP contribution in [0.3, 0.4) is 0 Å². The quantitative estimate of drug-likeness (QED) is 0.449. The SMILES string of the molecule is Cc1cc(I)ccc1NC(=O)Cn1c(Cl)nc2c1c(=O)n(C)c(=O)n2C. The van der Waals surface area contributed by atoms with Crippen molar-refractivity contribution in [2.45, 2.75) is 13.5 Å². The number of fused-ring (bicyclic) bond motifs is 1. The zero-order valence-electron chi connectivity index (χ0n) is 14.2. The molecule has 1 amide bonds. The first-order valence-corrected chi connectivity index (χ1v) is 9.04. The minimum absolute atomic E-state index is 0.0345. The first-order valence-electron chi connectivity index (χ1n) is 7.58. The fraction of sp³-hybridized carbons (Fsp3) is 0.250. The van der Waals surface area contributed by atoms with Gasteiger partial charge in [-0.2, -0.15) is 4.98 Å². The van der Waals surface area contributed by atoms with Crippen molar-refractivity contribution in [2.75, 3.05) is 5.32 Å². The molecule has 1 N–H and O–H groups in total. The molecule has 0 aliphatic carbocycles. The summed E-state index contributed by atoms with van der Waals surface area (Å²) in [7, 11) is 2.86. The van der Waals surface area contributed by atoms with Crippen molar-refractivity contribution in [2.24, 2.45) is 14.1 Å². The number of nitrogens with zero attached hydrogens (tertiary/aromatic N) is 4. The Balaban J connectivity index is 2.01. The molecule has 0 saturated heterocycles. The third-order valence-electron chi connectivity index (χ3n) is 4.07. The van der Waals surface area contributed by atoms with Gasteiger partial charge in [0, 0.05) is 23.4 Å². The number of amides is 1. The summed E-state index contributed by atoms with van der Waals surface area (Å²) in [6, 6.07) is 5.64. The Bertz CT molecular complexity index is 1160. The fourth-order valence-electron chi connectivity index (χ4n) is 2.66. The predicted molar refractivity (Wildman–Crippen MR) is 108 cm³/mol. The minimum atomic E-state index is -0.555. The number of aryl methyl sites for hydroxylation is 2. The number of carbonyl (C=O) groups excluding carboxylic acids is 1. The molecule has 1 aromatic carbocycles. The van der Waals surface area contributed by atoms with Crippen LogP contribution in [0, 0.1) is 10.5 Å². The third-order valence-corrected chi connectivity index (χ3v) is 5.03. The number of aromatic nitrogens is 4. The standard InChI is InChI=1S/C16H15ClIN5O3/c1-8-6-9(18)4-5-10(8)19-11(24)7-23-12-13(20-15(23)17)21(2)16(26)22(3)14(12)25/h4-6H,7H2,1-3H3,(H,19,24). The van der Waals surface area contributed by atoms with Crippen LogP contribution >= 0.6 is 34.2 Å². The van der Waals surface area contributed by atoms with Gasteiger partial charge in [-0.3, -0.25) is 23.3 Å². The maximum atomic E-state index is 12.5. The van der Waals surface area contributed by atoms with Crippen LogP contribution in [-0.4, -0.2) is 24.6 Å². The molecule has 0 aliphatic heterocycles. The van der Waals surface area contributed by atoms with Gasteiger partial charge in [0.1, 0.15) is 6.54 Å². The van der Waals surface area contributed by atoms with Gasteiger partial charge < -0.3 is 5.32 Å². The second-order valence-electron chi connectivity index (χ2n) is 5.85. The second-order valence-corrected chi connectivity index (χ2v) is 7.44. The molecule has 0 saturated carbocycles. The van der Waals surface area contributed by atoms with E-state index in [-0.39, 0.29) is 28.9 Å². The summed E-state index contributed by atoms with van der Waals surface area (Å²) in [5.41, 5.74) is 0.778. The van der Waals surface area contributed by atoms with E-state index in [9.17, 15) is 14.4 Å². The molecule has 2 aromatic heterocycles. The summed E-state index contributed by atoms with van der Waals surface area (Å²) >= 11 is 8.31. The normalized spacial score (nSPS) is 11.1. The number of hydrogen-bond acceptors (Lipinski definition) is 4. The van der Waals surface area contributed by atoms with Crippen molar-refractivity contribution in [1.82, 2.24) is 18.7 Å². The van der Waals surface area contributed by atoms with Gasteiger partial charge in [-0.05, 0) is 64.9 Å². The zero-order valence-corrected chi connectivity index (χ0v) is 17.1. The van der Waals surface area contributed by atoms with Crippen molar-refractivity contribution in [3.8, 4) is 0 Å². The van der Waals surface area contributed by atoms with Crippen molar-refractivity contribution in [3.05, 3.63) is 53.5 Å².